The summed E-state index contributed by atoms with van der Waals surface area (Å²) in [6.45, 7) is 4.92. The summed E-state index contributed by atoms with van der Waals surface area (Å²) in [4.78, 5) is 11.9. The summed E-state index contributed by atoms with van der Waals surface area (Å²) in [6.07, 6.45) is 19.9. The van der Waals surface area contributed by atoms with Gasteiger partial charge in [-0.3, -0.25) is 4.79 Å². The molecule has 2 nitrogen and oxygen atoms in total. The Morgan fingerprint density at radius 1 is 1.08 bits per heavy atom. The van der Waals surface area contributed by atoms with Crippen molar-refractivity contribution in [2.45, 2.75) is 77.7 Å². The van der Waals surface area contributed by atoms with Gasteiger partial charge < -0.3 is 4.74 Å². The molecule has 0 amide bonds. The average molecular weight is 353 g/mol. The number of hydrogen-bond acceptors (Lipinski definition) is 2. The van der Waals surface area contributed by atoms with Crippen LogP contribution in [0.4, 0.5) is 0 Å². The molecular weight excluding hydrogens is 320 g/mol. The second kappa shape index (κ2) is 5.84. The summed E-state index contributed by atoms with van der Waals surface area (Å²) in [6, 6.07) is 0. The van der Waals surface area contributed by atoms with Gasteiger partial charge in [-0.25, -0.2) is 0 Å². The lowest BCUT2D eigenvalue weighted by molar-refractivity contribution is -0.111. The Labute approximate surface area is 157 Å². The maximum Gasteiger partial charge on any atom is 0.178 e. The molecular formula is C24H32O2. The minimum absolute atomic E-state index is 0.116. The third kappa shape index (κ3) is 2.33. The van der Waals surface area contributed by atoms with E-state index >= 15 is 0 Å². The number of fused-ring (bicyclic) bond motifs is 5. The number of carbonyl (C=O) groups is 1. The molecule has 3 saturated carbocycles. The van der Waals surface area contributed by atoms with Gasteiger partial charge in [0.25, 0.3) is 0 Å². The van der Waals surface area contributed by atoms with Crippen molar-refractivity contribution in [1.29, 1.82) is 0 Å². The predicted octanol–water partition coefficient (Wildman–Crippen LogP) is 5.75. The molecule has 26 heavy (non-hydrogen) atoms. The van der Waals surface area contributed by atoms with E-state index in [0.29, 0.717) is 17.4 Å². The maximum atomic E-state index is 11.9. The van der Waals surface area contributed by atoms with Gasteiger partial charge in [0.1, 0.15) is 6.10 Å². The molecule has 6 atom stereocenters. The molecule has 5 aliphatic carbocycles. The predicted molar refractivity (Wildman–Crippen MR) is 103 cm³/mol. The molecule has 0 aromatic rings. The van der Waals surface area contributed by atoms with Gasteiger partial charge in [0.2, 0.25) is 0 Å². The first-order valence-corrected chi connectivity index (χ1v) is 10.8. The van der Waals surface area contributed by atoms with E-state index in [9.17, 15) is 4.79 Å². The molecule has 5 rings (SSSR count). The van der Waals surface area contributed by atoms with Crippen LogP contribution in [0.1, 0.15) is 71.6 Å². The fourth-order valence-corrected chi connectivity index (χ4v) is 7.27. The Morgan fingerprint density at radius 3 is 2.77 bits per heavy atom. The van der Waals surface area contributed by atoms with E-state index in [1.807, 2.05) is 12.2 Å². The summed E-state index contributed by atoms with van der Waals surface area (Å²) in [5.41, 5.74) is 1.86. The Morgan fingerprint density at radius 2 is 1.96 bits per heavy atom. The summed E-state index contributed by atoms with van der Waals surface area (Å²) in [5.74, 6) is 3.75. The number of ether oxygens (including phenoxy) is 1. The minimum atomic E-state index is 0.116. The minimum Gasteiger partial charge on any atom is -0.495 e. The molecule has 2 heteroatoms. The zero-order chi connectivity index (χ0) is 17.9. The van der Waals surface area contributed by atoms with Gasteiger partial charge >= 0.3 is 0 Å². The van der Waals surface area contributed by atoms with E-state index in [2.05, 4.69) is 26.0 Å². The molecule has 0 aliphatic heterocycles. The van der Waals surface area contributed by atoms with Crippen LogP contribution >= 0.6 is 0 Å². The van der Waals surface area contributed by atoms with Crippen LogP contribution in [0.25, 0.3) is 0 Å². The van der Waals surface area contributed by atoms with Gasteiger partial charge in [0, 0.05) is 17.3 Å². The zero-order valence-corrected chi connectivity index (χ0v) is 16.3. The maximum absolute atomic E-state index is 11.9. The molecule has 0 spiro atoms. The first-order chi connectivity index (χ1) is 12.5. The van der Waals surface area contributed by atoms with Gasteiger partial charge in [-0.2, -0.15) is 0 Å². The van der Waals surface area contributed by atoms with Gasteiger partial charge in [-0.15, -0.1) is 0 Å². The van der Waals surface area contributed by atoms with E-state index in [-0.39, 0.29) is 11.2 Å². The molecule has 0 unspecified atom stereocenters. The summed E-state index contributed by atoms with van der Waals surface area (Å²) < 4.78 is 6.56. The number of allylic oxidation sites excluding steroid dienone is 6. The lowest BCUT2D eigenvalue weighted by Crippen LogP contribution is -2.50. The van der Waals surface area contributed by atoms with Gasteiger partial charge in [0.15, 0.2) is 5.78 Å². The van der Waals surface area contributed by atoms with Gasteiger partial charge in [0.05, 0.1) is 5.76 Å². The lowest BCUT2D eigenvalue weighted by Gasteiger charge is -2.56. The standard InChI is InChI=1S/C24H32O2/c1-23-13-11-17(25)15-16(23)7-8-19-20-9-10-22(26-18-5-3-4-6-18)24(20,2)14-12-21(19)23/h5,11,13,15,19-22H,3-4,6-10,12,14H2,1-2H3/t19-,20-,21-,22-,23-,24-/m0/s1. The van der Waals surface area contributed by atoms with Crippen molar-refractivity contribution in [2.75, 3.05) is 0 Å². The van der Waals surface area contributed by atoms with Crippen LogP contribution in [0, 0.1) is 28.6 Å². The van der Waals surface area contributed by atoms with Crippen molar-refractivity contribution >= 4 is 5.78 Å². The van der Waals surface area contributed by atoms with Crippen LogP contribution in [0.2, 0.25) is 0 Å². The number of rotatable bonds is 2. The van der Waals surface area contributed by atoms with Crippen molar-refractivity contribution in [3.63, 3.8) is 0 Å². The van der Waals surface area contributed by atoms with E-state index in [4.69, 9.17) is 4.74 Å². The van der Waals surface area contributed by atoms with E-state index < -0.39 is 0 Å². The Bertz CT molecular complexity index is 714. The highest BCUT2D eigenvalue weighted by molar-refractivity contribution is 6.01. The summed E-state index contributed by atoms with van der Waals surface area (Å²) in [7, 11) is 0. The highest BCUT2D eigenvalue weighted by Crippen LogP contribution is 2.65. The molecule has 0 radical (unpaired) electrons. The highest BCUT2D eigenvalue weighted by atomic mass is 16.5. The van der Waals surface area contributed by atoms with Gasteiger partial charge in [-0.1, -0.05) is 25.5 Å². The SMILES string of the molecule is C[C@]12CC[C@H]3[C@@H](CCC4=CC(=O)C=C[C@@]43C)[C@@H]1CC[C@@H]2OC1=CCCC1. The van der Waals surface area contributed by atoms with Crippen LogP contribution in [-0.4, -0.2) is 11.9 Å². The van der Waals surface area contributed by atoms with Crippen molar-refractivity contribution in [3.05, 3.63) is 35.6 Å². The Balaban J connectivity index is 1.40. The first-order valence-electron chi connectivity index (χ1n) is 10.8. The van der Waals surface area contributed by atoms with E-state index in [0.717, 1.165) is 24.7 Å². The molecule has 3 fully saturated rings. The number of carbonyl (C=O) groups excluding carboxylic acids is 1. The summed E-state index contributed by atoms with van der Waals surface area (Å²) in [5, 5.41) is 0. The molecule has 140 valence electrons. The molecule has 0 heterocycles. The number of ketones is 1. The van der Waals surface area contributed by atoms with E-state index in [1.54, 1.807) is 0 Å². The normalized spacial score (nSPS) is 46.9. The van der Waals surface area contributed by atoms with Crippen molar-refractivity contribution in [2.24, 2.45) is 28.6 Å². The quantitative estimate of drug-likeness (QED) is 0.633. The van der Waals surface area contributed by atoms with Crippen molar-refractivity contribution in [1.82, 2.24) is 0 Å². The molecule has 0 aromatic heterocycles. The third-order valence-electron chi connectivity index (χ3n) is 8.76. The third-order valence-corrected chi connectivity index (χ3v) is 8.76. The highest BCUT2D eigenvalue weighted by Gasteiger charge is 2.59. The second-order valence-electron chi connectivity index (χ2n) is 9.89. The molecule has 0 N–H and O–H groups in total. The molecule has 0 aromatic carbocycles. The molecule has 0 bridgehead atoms. The Hall–Kier alpha value is -1.31. The van der Waals surface area contributed by atoms with Crippen LogP contribution < -0.4 is 0 Å². The Kier molecular flexibility index (Phi) is 3.78. The smallest absolute Gasteiger partial charge is 0.178 e. The average Bonchev–Trinajstić information content (AvgIpc) is 3.24. The summed E-state index contributed by atoms with van der Waals surface area (Å²) >= 11 is 0. The zero-order valence-electron chi connectivity index (χ0n) is 16.3. The fraction of sp³-hybridized carbons (Fsp3) is 0.708. The van der Waals surface area contributed by atoms with Crippen LogP contribution in [0.15, 0.2) is 35.6 Å². The molecule has 0 saturated heterocycles. The number of hydrogen-bond donors (Lipinski definition) is 0. The van der Waals surface area contributed by atoms with Gasteiger partial charge in [-0.05, 0) is 87.3 Å². The topological polar surface area (TPSA) is 26.3 Å². The fourth-order valence-electron chi connectivity index (χ4n) is 7.27. The molecule has 5 aliphatic rings. The second-order valence-corrected chi connectivity index (χ2v) is 9.89. The van der Waals surface area contributed by atoms with Crippen LogP contribution in [0.3, 0.4) is 0 Å². The van der Waals surface area contributed by atoms with E-state index in [1.165, 1.54) is 56.3 Å². The first kappa shape index (κ1) is 16.8. The van der Waals surface area contributed by atoms with Crippen LogP contribution in [-0.2, 0) is 9.53 Å². The van der Waals surface area contributed by atoms with Crippen LogP contribution in [0.5, 0.6) is 0 Å². The monoisotopic (exact) mass is 352 g/mol. The lowest BCUT2D eigenvalue weighted by atomic mass is 9.48. The van der Waals surface area contributed by atoms with Crippen molar-refractivity contribution in [3.8, 4) is 0 Å². The van der Waals surface area contributed by atoms with Crippen molar-refractivity contribution < 1.29 is 9.53 Å². The largest absolute Gasteiger partial charge is 0.495 e.